The molecule has 28 heavy (non-hydrogen) atoms. The molecule has 0 unspecified atom stereocenters. The Bertz CT molecular complexity index is 943. The molecule has 0 aliphatic carbocycles. The molecular weight excluding hydrogens is 380 g/mol. The van der Waals surface area contributed by atoms with Crippen LogP contribution in [-0.4, -0.2) is 53.0 Å². The Hall–Kier alpha value is -2.58. The average Bonchev–Trinajstić information content (AvgIpc) is 2.70. The van der Waals surface area contributed by atoms with Gasteiger partial charge in [-0.15, -0.1) is 0 Å². The zero-order chi connectivity index (χ0) is 20.9. The minimum Gasteiger partial charge on any atom is -0.497 e. The van der Waals surface area contributed by atoms with Crippen molar-refractivity contribution in [2.24, 2.45) is 0 Å². The van der Waals surface area contributed by atoms with Crippen molar-refractivity contribution in [2.45, 2.75) is 18.7 Å². The third-order valence-corrected chi connectivity index (χ3v) is 6.36. The minimum atomic E-state index is -3.90. The van der Waals surface area contributed by atoms with E-state index in [4.69, 9.17) is 9.47 Å². The van der Waals surface area contributed by atoms with Crippen LogP contribution in [0.2, 0.25) is 0 Å². The summed E-state index contributed by atoms with van der Waals surface area (Å²) in [6.45, 7) is 3.36. The first-order valence-corrected chi connectivity index (χ1v) is 10.2. The lowest BCUT2D eigenvalue weighted by Crippen LogP contribution is -2.41. The summed E-state index contributed by atoms with van der Waals surface area (Å²) in [4.78, 5) is 14.2. The molecule has 0 spiro atoms. The molecule has 0 atom stereocenters. The summed E-state index contributed by atoms with van der Waals surface area (Å²) in [6, 6.07) is 11.9. The van der Waals surface area contributed by atoms with E-state index in [1.165, 1.54) is 12.0 Å². The number of nitrogens with zero attached hydrogens (tertiary/aromatic N) is 2. The highest BCUT2D eigenvalue weighted by atomic mass is 32.2. The van der Waals surface area contributed by atoms with Gasteiger partial charge >= 0.3 is 0 Å². The number of ether oxygens (including phenoxy) is 2. The summed E-state index contributed by atoms with van der Waals surface area (Å²) in [5.41, 5.74) is 1.40. The first kappa shape index (κ1) is 21.7. The Labute approximate surface area is 166 Å². The van der Waals surface area contributed by atoms with E-state index in [1.54, 1.807) is 70.5 Å². The number of carbonyl (C=O) groups is 1. The summed E-state index contributed by atoms with van der Waals surface area (Å²) >= 11 is 0. The Balaban J connectivity index is 2.29. The van der Waals surface area contributed by atoms with E-state index in [0.717, 1.165) is 9.87 Å². The first-order valence-electron chi connectivity index (χ1n) is 8.80. The van der Waals surface area contributed by atoms with Crippen molar-refractivity contribution in [3.8, 4) is 11.5 Å². The van der Waals surface area contributed by atoms with Gasteiger partial charge in [-0.1, -0.05) is 19.1 Å². The van der Waals surface area contributed by atoms with Crippen LogP contribution in [-0.2, 0) is 14.8 Å². The van der Waals surface area contributed by atoms with Crippen LogP contribution in [0, 0.1) is 6.92 Å². The molecule has 0 saturated carbocycles. The monoisotopic (exact) mass is 406 g/mol. The third kappa shape index (κ3) is 4.63. The highest BCUT2D eigenvalue weighted by Gasteiger charge is 2.29. The summed E-state index contributed by atoms with van der Waals surface area (Å²) < 4.78 is 37.8. The molecule has 0 saturated heterocycles. The van der Waals surface area contributed by atoms with Crippen molar-refractivity contribution in [2.75, 3.05) is 39.3 Å². The van der Waals surface area contributed by atoms with Gasteiger partial charge < -0.3 is 14.4 Å². The number of benzene rings is 2. The van der Waals surface area contributed by atoms with Gasteiger partial charge in [0.2, 0.25) is 15.9 Å². The van der Waals surface area contributed by atoms with Crippen LogP contribution in [0.15, 0.2) is 47.4 Å². The lowest BCUT2D eigenvalue weighted by molar-refractivity contribution is -0.118. The molecule has 0 aromatic heterocycles. The lowest BCUT2D eigenvalue weighted by atomic mass is 10.2. The van der Waals surface area contributed by atoms with Crippen molar-refractivity contribution in [3.05, 3.63) is 48.0 Å². The quantitative estimate of drug-likeness (QED) is 0.674. The largest absolute Gasteiger partial charge is 0.497 e. The van der Waals surface area contributed by atoms with Crippen LogP contribution in [0.3, 0.4) is 0 Å². The summed E-state index contributed by atoms with van der Waals surface area (Å²) in [5.74, 6) is 0.504. The molecule has 7 nitrogen and oxygen atoms in total. The molecule has 0 fully saturated rings. The second-order valence-corrected chi connectivity index (χ2v) is 8.15. The molecule has 8 heteroatoms. The number of methoxy groups -OCH3 is 2. The van der Waals surface area contributed by atoms with Gasteiger partial charge in [0.1, 0.15) is 16.4 Å². The third-order valence-electron chi connectivity index (χ3n) is 4.42. The van der Waals surface area contributed by atoms with Crippen LogP contribution >= 0.6 is 0 Å². The molecule has 0 heterocycles. The predicted molar refractivity (Wildman–Crippen MR) is 109 cm³/mol. The SMILES string of the molecule is CCN(CC(=O)N(C)c1cccc(OC)c1)S(=O)(=O)c1cc(C)ccc1OC. The zero-order valence-corrected chi connectivity index (χ0v) is 17.6. The molecule has 0 radical (unpaired) electrons. The van der Waals surface area contributed by atoms with E-state index in [0.29, 0.717) is 11.4 Å². The van der Waals surface area contributed by atoms with Crippen LogP contribution in [0.25, 0.3) is 0 Å². The fraction of sp³-hybridized carbons (Fsp3) is 0.350. The van der Waals surface area contributed by atoms with Crippen molar-refractivity contribution in [1.29, 1.82) is 0 Å². The fourth-order valence-corrected chi connectivity index (χ4v) is 4.35. The average molecular weight is 407 g/mol. The maximum Gasteiger partial charge on any atom is 0.247 e. The van der Waals surface area contributed by atoms with E-state index in [1.807, 2.05) is 0 Å². The minimum absolute atomic E-state index is 0.0497. The van der Waals surface area contributed by atoms with Crippen LogP contribution < -0.4 is 14.4 Å². The van der Waals surface area contributed by atoms with Gasteiger partial charge in [-0.25, -0.2) is 8.42 Å². The standard InChI is InChI=1S/C20H26N2O5S/c1-6-22(28(24,25)19-12-15(2)10-11-18(19)27-5)14-20(23)21(3)16-8-7-9-17(13-16)26-4/h7-13H,6,14H2,1-5H3. The van der Waals surface area contributed by atoms with Gasteiger partial charge in [0.05, 0.1) is 20.8 Å². The molecule has 2 aromatic rings. The summed E-state index contributed by atoms with van der Waals surface area (Å²) in [6.07, 6.45) is 0. The second kappa shape index (κ2) is 9.07. The normalized spacial score (nSPS) is 11.4. The van der Waals surface area contributed by atoms with Crippen molar-refractivity contribution < 1.29 is 22.7 Å². The number of likely N-dealkylation sites (N-methyl/N-ethyl adjacent to an activating group) is 2. The van der Waals surface area contributed by atoms with Crippen LogP contribution in [0.5, 0.6) is 11.5 Å². The Kier molecular flexibility index (Phi) is 7.04. The van der Waals surface area contributed by atoms with E-state index in [-0.39, 0.29) is 29.6 Å². The number of sulfonamides is 1. The number of rotatable bonds is 8. The molecule has 152 valence electrons. The molecule has 2 aromatic carbocycles. The van der Waals surface area contributed by atoms with E-state index in [2.05, 4.69) is 0 Å². The van der Waals surface area contributed by atoms with Gasteiger partial charge in [0, 0.05) is 25.3 Å². The van der Waals surface area contributed by atoms with Gasteiger partial charge in [-0.2, -0.15) is 4.31 Å². The van der Waals surface area contributed by atoms with Crippen molar-refractivity contribution >= 4 is 21.6 Å². The molecule has 1 amide bonds. The molecule has 0 N–H and O–H groups in total. The second-order valence-electron chi connectivity index (χ2n) is 6.24. The maximum absolute atomic E-state index is 13.1. The number of hydrogen-bond acceptors (Lipinski definition) is 5. The Morgan fingerprint density at radius 1 is 1.07 bits per heavy atom. The topological polar surface area (TPSA) is 76.2 Å². The lowest BCUT2D eigenvalue weighted by Gasteiger charge is -2.25. The zero-order valence-electron chi connectivity index (χ0n) is 16.8. The van der Waals surface area contributed by atoms with Gasteiger partial charge in [-0.05, 0) is 36.8 Å². The number of carbonyl (C=O) groups excluding carboxylic acids is 1. The van der Waals surface area contributed by atoms with Gasteiger partial charge in [-0.3, -0.25) is 4.79 Å². The van der Waals surface area contributed by atoms with Gasteiger partial charge in [0.25, 0.3) is 0 Å². The molecular formula is C20H26N2O5S. The van der Waals surface area contributed by atoms with E-state index < -0.39 is 10.0 Å². The predicted octanol–water partition coefficient (Wildman–Crippen LogP) is 2.69. The highest BCUT2D eigenvalue weighted by molar-refractivity contribution is 7.89. The van der Waals surface area contributed by atoms with Crippen LogP contribution in [0.4, 0.5) is 5.69 Å². The Morgan fingerprint density at radius 3 is 2.39 bits per heavy atom. The smallest absolute Gasteiger partial charge is 0.247 e. The molecule has 0 bridgehead atoms. The van der Waals surface area contributed by atoms with Crippen molar-refractivity contribution in [3.63, 3.8) is 0 Å². The van der Waals surface area contributed by atoms with E-state index >= 15 is 0 Å². The van der Waals surface area contributed by atoms with Gasteiger partial charge in [0.15, 0.2) is 0 Å². The summed E-state index contributed by atoms with van der Waals surface area (Å²) in [5, 5.41) is 0. The number of hydrogen-bond donors (Lipinski definition) is 0. The number of amides is 1. The fourth-order valence-electron chi connectivity index (χ4n) is 2.71. The molecule has 0 aliphatic heterocycles. The van der Waals surface area contributed by atoms with Crippen LogP contribution in [0.1, 0.15) is 12.5 Å². The number of aryl methyl sites for hydroxylation is 1. The highest BCUT2D eigenvalue weighted by Crippen LogP contribution is 2.28. The Morgan fingerprint density at radius 2 is 1.79 bits per heavy atom. The molecule has 2 rings (SSSR count). The van der Waals surface area contributed by atoms with Crippen molar-refractivity contribution in [1.82, 2.24) is 4.31 Å². The van der Waals surface area contributed by atoms with E-state index in [9.17, 15) is 13.2 Å². The summed E-state index contributed by atoms with van der Waals surface area (Å²) in [7, 11) is 0.660. The maximum atomic E-state index is 13.1. The molecule has 0 aliphatic rings. The first-order chi connectivity index (χ1) is 13.2. The number of anilines is 1.